The molecule has 1 aliphatic rings. The molecule has 132 valence electrons. The van der Waals surface area contributed by atoms with Crippen LogP contribution >= 0.6 is 0 Å². The van der Waals surface area contributed by atoms with E-state index in [1.54, 1.807) is 4.90 Å². The van der Waals surface area contributed by atoms with Crippen molar-refractivity contribution in [2.75, 3.05) is 13.1 Å². The third-order valence-corrected chi connectivity index (χ3v) is 4.05. The van der Waals surface area contributed by atoms with Gasteiger partial charge in [0.05, 0.1) is 0 Å². The number of hydrogen-bond donors (Lipinski definition) is 0. The fourth-order valence-corrected chi connectivity index (χ4v) is 2.86. The van der Waals surface area contributed by atoms with Crippen molar-refractivity contribution in [3.63, 3.8) is 0 Å². The van der Waals surface area contributed by atoms with Crippen LogP contribution in [-0.2, 0) is 9.53 Å². The van der Waals surface area contributed by atoms with Gasteiger partial charge < -0.3 is 9.64 Å². The molecule has 0 bridgehead atoms. The van der Waals surface area contributed by atoms with Crippen LogP contribution in [-0.4, -0.2) is 40.5 Å². The molecule has 1 amide bonds. The first-order chi connectivity index (χ1) is 11.2. The van der Waals surface area contributed by atoms with Crippen LogP contribution in [0, 0.1) is 11.9 Å². The Hall–Kier alpha value is -1.98. The normalized spacial score (nSPS) is 16.1. The second-order valence-electron chi connectivity index (χ2n) is 7.23. The fourth-order valence-electron chi connectivity index (χ4n) is 2.86. The summed E-state index contributed by atoms with van der Waals surface area (Å²) < 4.78 is 18.4. The minimum absolute atomic E-state index is 0.165. The number of halogens is 1. The first kappa shape index (κ1) is 18.4. The van der Waals surface area contributed by atoms with Crippen molar-refractivity contribution in [1.82, 2.24) is 9.88 Å². The number of pyridine rings is 1. The molecule has 0 aromatic carbocycles. The maximum absolute atomic E-state index is 13.1. The van der Waals surface area contributed by atoms with Gasteiger partial charge in [-0.25, -0.2) is 4.98 Å². The third kappa shape index (κ3) is 5.58. The molecular weight excluding hydrogens is 311 g/mol. The number of nitrogens with zero attached hydrogens (tertiary/aromatic N) is 2. The maximum atomic E-state index is 13.1. The average Bonchev–Trinajstić information content (AvgIpc) is 2.51. The highest BCUT2D eigenvalue weighted by Crippen LogP contribution is 2.24. The molecule has 0 saturated carbocycles. The molecule has 24 heavy (non-hydrogen) atoms. The number of ether oxygens (including phenoxy) is 1. The zero-order chi connectivity index (χ0) is 17.7. The number of carbonyl (C=O) groups excluding carboxylic acids is 2. The minimum atomic E-state index is -0.645. The minimum Gasteiger partial charge on any atom is -0.460 e. The predicted octanol–water partition coefficient (Wildman–Crippen LogP) is 3.19. The lowest BCUT2D eigenvalue weighted by atomic mass is 9.92. The number of rotatable bonds is 4. The Kier molecular flexibility index (Phi) is 5.91. The Balaban J connectivity index is 1.77. The SMILES string of the molecule is CC(C)(C)OC(=O)CCC1CCN(C(=O)c2ccnc(F)c2)CC1. The second-order valence-corrected chi connectivity index (χ2v) is 7.23. The van der Waals surface area contributed by atoms with Crippen molar-refractivity contribution < 1.29 is 18.7 Å². The third-order valence-electron chi connectivity index (χ3n) is 4.05. The van der Waals surface area contributed by atoms with E-state index in [1.165, 1.54) is 12.3 Å². The molecule has 1 saturated heterocycles. The van der Waals surface area contributed by atoms with Gasteiger partial charge in [0, 0.05) is 37.3 Å². The Bertz CT molecular complexity index is 590. The van der Waals surface area contributed by atoms with Crippen LogP contribution in [0.15, 0.2) is 18.3 Å². The summed E-state index contributed by atoms with van der Waals surface area (Å²) >= 11 is 0. The van der Waals surface area contributed by atoms with Crippen LogP contribution in [0.5, 0.6) is 0 Å². The highest BCUT2D eigenvalue weighted by molar-refractivity contribution is 5.94. The molecule has 1 fully saturated rings. The van der Waals surface area contributed by atoms with Gasteiger partial charge in [-0.1, -0.05) is 0 Å². The highest BCUT2D eigenvalue weighted by atomic mass is 19.1. The molecule has 0 N–H and O–H groups in total. The summed E-state index contributed by atoms with van der Waals surface area (Å²) in [6, 6.07) is 2.69. The quantitative estimate of drug-likeness (QED) is 0.626. The lowest BCUT2D eigenvalue weighted by molar-refractivity contribution is -0.155. The summed E-state index contributed by atoms with van der Waals surface area (Å²) in [5.41, 5.74) is -0.123. The number of aromatic nitrogens is 1. The number of hydrogen-bond acceptors (Lipinski definition) is 4. The largest absolute Gasteiger partial charge is 0.460 e. The van der Waals surface area contributed by atoms with E-state index in [-0.39, 0.29) is 11.9 Å². The fraction of sp³-hybridized carbons (Fsp3) is 0.611. The van der Waals surface area contributed by atoms with Gasteiger partial charge in [0.2, 0.25) is 5.95 Å². The molecule has 2 rings (SSSR count). The summed E-state index contributed by atoms with van der Waals surface area (Å²) in [6.07, 6.45) is 4.19. The second kappa shape index (κ2) is 7.73. The molecule has 1 aliphatic heterocycles. The van der Waals surface area contributed by atoms with Gasteiger partial charge in [0.15, 0.2) is 0 Å². The molecule has 1 aromatic rings. The molecule has 6 heteroatoms. The van der Waals surface area contributed by atoms with Crippen LogP contribution in [0.2, 0.25) is 0 Å². The van der Waals surface area contributed by atoms with E-state index in [9.17, 15) is 14.0 Å². The Morgan fingerprint density at radius 3 is 2.58 bits per heavy atom. The van der Waals surface area contributed by atoms with Crippen LogP contribution in [0.3, 0.4) is 0 Å². The Morgan fingerprint density at radius 1 is 1.33 bits per heavy atom. The Labute approximate surface area is 142 Å². The summed E-state index contributed by atoms with van der Waals surface area (Å²) in [5, 5.41) is 0. The first-order valence-corrected chi connectivity index (χ1v) is 8.37. The van der Waals surface area contributed by atoms with Gasteiger partial charge in [0.1, 0.15) is 5.60 Å². The molecule has 0 aliphatic carbocycles. The van der Waals surface area contributed by atoms with Crippen LogP contribution in [0.25, 0.3) is 0 Å². The van der Waals surface area contributed by atoms with Gasteiger partial charge in [0.25, 0.3) is 5.91 Å². The summed E-state index contributed by atoms with van der Waals surface area (Å²) in [7, 11) is 0. The molecule has 5 nitrogen and oxygen atoms in total. The van der Waals surface area contributed by atoms with Crippen molar-refractivity contribution in [3.8, 4) is 0 Å². The van der Waals surface area contributed by atoms with E-state index < -0.39 is 11.5 Å². The molecule has 1 aromatic heterocycles. The van der Waals surface area contributed by atoms with E-state index in [1.807, 2.05) is 20.8 Å². The van der Waals surface area contributed by atoms with Crippen LogP contribution in [0.4, 0.5) is 4.39 Å². The van der Waals surface area contributed by atoms with Gasteiger partial charge in [-0.15, -0.1) is 0 Å². The maximum Gasteiger partial charge on any atom is 0.306 e. The molecule has 0 unspecified atom stereocenters. The van der Waals surface area contributed by atoms with Crippen LogP contribution in [0.1, 0.15) is 56.8 Å². The van der Waals surface area contributed by atoms with Gasteiger partial charge >= 0.3 is 5.97 Å². The van der Waals surface area contributed by atoms with E-state index in [4.69, 9.17) is 4.74 Å². The number of carbonyl (C=O) groups is 2. The van der Waals surface area contributed by atoms with E-state index >= 15 is 0 Å². The lowest BCUT2D eigenvalue weighted by Crippen LogP contribution is -2.38. The summed E-state index contributed by atoms with van der Waals surface area (Å²) in [5.74, 6) is -0.570. The first-order valence-electron chi connectivity index (χ1n) is 8.37. The summed E-state index contributed by atoms with van der Waals surface area (Å²) in [6.45, 7) is 6.83. The number of likely N-dealkylation sites (tertiary alicyclic amines) is 1. The van der Waals surface area contributed by atoms with Gasteiger partial charge in [-0.2, -0.15) is 4.39 Å². The molecule has 0 atom stereocenters. The number of piperidine rings is 1. The van der Waals surface area contributed by atoms with Gasteiger partial charge in [-0.3, -0.25) is 9.59 Å². The monoisotopic (exact) mass is 336 g/mol. The number of amides is 1. The topological polar surface area (TPSA) is 59.5 Å². The van der Waals surface area contributed by atoms with E-state index in [2.05, 4.69) is 4.98 Å². The summed E-state index contributed by atoms with van der Waals surface area (Å²) in [4.78, 5) is 29.3. The predicted molar refractivity (Wildman–Crippen MR) is 87.9 cm³/mol. The Morgan fingerprint density at radius 2 is 2.00 bits per heavy atom. The molecule has 2 heterocycles. The zero-order valence-corrected chi connectivity index (χ0v) is 14.5. The lowest BCUT2D eigenvalue weighted by Gasteiger charge is -2.32. The molecular formula is C18H25FN2O3. The van der Waals surface area contributed by atoms with Crippen molar-refractivity contribution in [3.05, 3.63) is 29.8 Å². The highest BCUT2D eigenvalue weighted by Gasteiger charge is 2.25. The van der Waals surface area contributed by atoms with Crippen molar-refractivity contribution in [1.29, 1.82) is 0 Å². The number of esters is 1. The average molecular weight is 336 g/mol. The van der Waals surface area contributed by atoms with E-state index in [0.717, 1.165) is 25.3 Å². The molecule has 0 spiro atoms. The van der Waals surface area contributed by atoms with Gasteiger partial charge in [-0.05, 0) is 52.0 Å². The van der Waals surface area contributed by atoms with Crippen LogP contribution < -0.4 is 0 Å². The van der Waals surface area contributed by atoms with Crippen molar-refractivity contribution in [2.45, 2.75) is 52.1 Å². The van der Waals surface area contributed by atoms with Crippen molar-refractivity contribution >= 4 is 11.9 Å². The molecule has 0 radical (unpaired) electrons. The van der Waals surface area contributed by atoms with E-state index in [0.29, 0.717) is 31.0 Å². The standard InChI is InChI=1S/C18H25FN2O3/c1-18(2,3)24-16(22)5-4-13-7-10-21(11-8-13)17(23)14-6-9-20-15(19)12-14/h6,9,12-13H,4-5,7-8,10-11H2,1-3H3. The zero-order valence-electron chi connectivity index (χ0n) is 14.5. The van der Waals surface area contributed by atoms with Crippen molar-refractivity contribution in [2.24, 2.45) is 5.92 Å². The smallest absolute Gasteiger partial charge is 0.306 e.